The molecule has 0 spiro atoms. The van der Waals surface area contributed by atoms with Crippen molar-refractivity contribution >= 4 is 65.6 Å². The van der Waals surface area contributed by atoms with Crippen LogP contribution in [-0.4, -0.2) is 24.1 Å². The minimum Gasteiger partial charge on any atom is -0.456 e. The van der Waals surface area contributed by atoms with Crippen molar-refractivity contribution in [2.75, 3.05) is 0 Å². The molecule has 282 valence electrons. The number of rotatable bonds is 4. The van der Waals surface area contributed by atoms with Crippen molar-refractivity contribution in [3.05, 3.63) is 187 Å². The van der Waals surface area contributed by atoms with Gasteiger partial charge in [0, 0.05) is 43.3 Å². The van der Waals surface area contributed by atoms with E-state index >= 15 is 0 Å². The van der Waals surface area contributed by atoms with Crippen molar-refractivity contribution in [2.45, 2.75) is 19.3 Å². The van der Waals surface area contributed by atoms with E-state index in [0.717, 1.165) is 76.7 Å². The number of nitrogens with zero attached hydrogens (tertiary/aromatic N) is 5. The number of para-hydroxylation sites is 3. The van der Waals surface area contributed by atoms with Crippen LogP contribution in [-0.2, 0) is 5.41 Å². The first-order valence-corrected chi connectivity index (χ1v) is 20.4. The highest BCUT2D eigenvalue weighted by Gasteiger charge is 2.36. The SMILES string of the molecule is CC1(C)c2ccccc2-c2cc3c4ccccc4n(-c4nc(-c5ccc6c(c5)oc5ccccc56)nc(-n5c6ccccc6c6cc(-c7ccccc7)ccc65)n4)c3cc21. The van der Waals surface area contributed by atoms with Crippen molar-refractivity contribution < 1.29 is 4.42 Å². The molecule has 4 heterocycles. The summed E-state index contributed by atoms with van der Waals surface area (Å²) in [5.41, 5.74) is 14.0. The molecule has 0 radical (unpaired) electrons. The molecule has 6 heteroatoms. The van der Waals surface area contributed by atoms with Gasteiger partial charge in [0.25, 0.3) is 0 Å². The molecular formula is C54H35N5O. The van der Waals surface area contributed by atoms with Crippen LogP contribution >= 0.6 is 0 Å². The molecule has 0 unspecified atom stereocenters. The second kappa shape index (κ2) is 12.1. The Kier molecular flexibility index (Phi) is 6.69. The van der Waals surface area contributed by atoms with Crippen LogP contribution in [0.1, 0.15) is 25.0 Å². The zero-order valence-corrected chi connectivity index (χ0v) is 32.9. The number of furan rings is 1. The molecule has 0 amide bonds. The summed E-state index contributed by atoms with van der Waals surface area (Å²) in [5, 5.41) is 6.71. The van der Waals surface area contributed by atoms with Crippen LogP contribution in [0.5, 0.6) is 0 Å². The molecule has 60 heavy (non-hydrogen) atoms. The van der Waals surface area contributed by atoms with E-state index in [1.54, 1.807) is 0 Å². The van der Waals surface area contributed by atoms with E-state index in [1.165, 1.54) is 27.8 Å². The summed E-state index contributed by atoms with van der Waals surface area (Å²) in [4.78, 5) is 16.2. The second-order valence-electron chi connectivity index (χ2n) is 16.5. The number of benzene rings is 8. The van der Waals surface area contributed by atoms with Crippen molar-refractivity contribution in [3.8, 4) is 45.5 Å². The summed E-state index contributed by atoms with van der Waals surface area (Å²) in [7, 11) is 0. The molecule has 1 aliphatic rings. The Morgan fingerprint density at radius 3 is 1.77 bits per heavy atom. The molecule has 1 aliphatic carbocycles. The Morgan fingerprint density at radius 2 is 0.983 bits per heavy atom. The molecule has 0 bridgehead atoms. The fourth-order valence-electron chi connectivity index (χ4n) is 9.93. The molecule has 0 aliphatic heterocycles. The molecule has 8 aromatic carbocycles. The largest absolute Gasteiger partial charge is 0.456 e. The predicted octanol–water partition coefficient (Wildman–Crippen LogP) is 13.6. The molecule has 6 nitrogen and oxygen atoms in total. The first kappa shape index (κ1) is 33.2. The molecule has 0 saturated heterocycles. The average molecular weight is 770 g/mol. The van der Waals surface area contributed by atoms with Crippen LogP contribution in [0.3, 0.4) is 0 Å². The van der Waals surface area contributed by atoms with Gasteiger partial charge in [-0.1, -0.05) is 135 Å². The lowest BCUT2D eigenvalue weighted by Gasteiger charge is -2.21. The molecule has 4 aromatic heterocycles. The maximum atomic E-state index is 6.41. The minimum absolute atomic E-state index is 0.180. The number of hydrogen-bond acceptors (Lipinski definition) is 4. The minimum atomic E-state index is -0.180. The van der Waals surface area contributed by atoms with Gasteiger partial charge >= 0.3 is 0 Å². The number of aromatic nitrogens is 5. The summed E-state index contributed by atoms with van der Waals surface area (Å²) in [6.45, 7) is 4.66. The number of fused-ring (bicyclic) bond motifs is 12. The van der Waals surface area contributed by atoms with Gasteiger partial charge in [-0.15, -0.1) is 0 Å². The maximum Gasteiger partial charge on any atom is 0.240 e. The van der Waals surface area contributed by atoms with Gasteiger partial charge in [-0.05, 0) is 88.0 Å². The van der Waals surface area contributed by atoms with Gasteiger partial charge in [0.2, 0.25) is 11.9 Å². The van der Waals surface area contributed by atoms with Crippen LogP contribution in [0.25, 0.3) is 111 Å². The van der Waals surface area contributed by atoms with E-state index < -0.39 is 0 Å². The highest BCUT2D eigenvalue weighted by atomic mass is 16.3. The van der Waals surface area contributed by atoms with Crippen molar-refractivity contribution in [2.24, 2.45) is 0 Å². The third kappa shape index (κ3) is 4.61. The Morgan fingerprint density at radius 1 is 0.383 bits per heavy atom. The smallest absolute Gasteiger partial charge is 0.240 e. The molecule has 0 N–H and O–H groups in total. The topological polar surface area (TPSA) is 61.7 Å². The van der Waals surface area contributed by atoms with Gasteiger partial charge in [-0.3, -0.25) is 9.13 Å². The Balaban J connectivity index is 1.11. The van der Waals surface area contributed by atoms with Gasteiger partial charge in [0.05, 0.1) is 22.1 Å². The first-order chi connectivity index (χ1) is 29.5. The van der Waals surface area contributed by atoms with Crippen LogP contribution in [0, 0.1) is 0 Å². The summed E-state index contributed by atoms with van der Waals surface area (Å²) in [6.07, 6.45) is 0. The van der Waals surface area contributed by atoms with Crippen LogP contribution in [0.4, 0.5) is 0 Å². The maximum absolute atomic E-state index is 6.41. The van der Waals surface area contributed by atoms with E-state index in [9.17, 15) is 0 Å². The van der Waals surface area contributed by atoms with E-state index in [-0.39, 0.29) is 5.41 Å². The lowest BCUT2D eigenvalue weighted by molar-refractivity contribution is 0.661. The van der Waals surface area contributed by atoms with E-state index in [0.29, 0.717) is 17.7 Å². The first-order valence-electron chi connectivity index (χ1n) is 20.4. The molecular weight excluding hydrogens is 735 g/mol. The number of hydrogen-bond donors (Lipinski definition) is 0. The van der Waals surface area contributed by atoms with Gasteiger partial charge in [0.1, 0.15) is 11.2 Å². The summed E-state index contributed by atoms with van der Waals surface area (Å²) < 4.78 is 10.8. The van der Waals surface area contributed by atoms with E-state index in [2.05, 4.69) is 181 Å². The fourth-order valence-corrected chi connectivity index (χ4v) is 9.93. The monoisotopic (exact) mass is 769 g/mol. The Labute approximate surface area is 344 Å². The molecule has 0 saturated carbocycles. The zero-order chi connectivity index (χ0) is 39.7. The van der Waals surface area contributed by atoms with Crippen LogP contribution in [0.15, 0.2) is 180 Å². The molecule has 0 atom stereocenters. The lowest BCUT2D eigenvalue weighted by atomic mass is 9.82. The predicted molar refractivity (Wildman–Crippen MR) is 244 cm³/mol. The van der Waals surface area contributed by atoms with Gasteiger partial charge in [0.15, 0.2) is 5.82 Å². The molecule has 12 aromatic rings. The highest BCUT2D eigenvalue weighted by molar-refractivity contribution is 6.12. The van der Waals surface area contributed by atoms with Crippen molar-refractivity contribution in [1.82, 2.24) is 24.1 Å². The van der Waals surface area contributed by atoms with E-state index in [4.69, 9.17) is 19.4 Å². The second-order valence-corrected chi connectivity index (χ2v) is 16.5. The Bertz CT molecular complexity index is 3760. The molecule has 13 rings (SSSR count). The fraction of sp³-hybridized carbons (Fsp3) is 0.0556. The van der Waals surface area contributed by atoms with Crippen molar-refractivity contribution in [3.63, 3.8) is 0 Å². The van der Waals surface area contributed by atoms with Gasteiger partial charge < -0.3 is 4.42 Å². The normalized spacial score (nSPS) is 13.3. The Hall–Kier alpha value is -7.83. The van der Waals surface area contributed by atoms with E-state index in [1.807, 2.05) is 18.2 Å². The highest BCUT2D eigenvalue weighted by Crippen LogP contribution is 2.51. The zero-order valence-electron chi connectivity index (χ0n) is 32.9. The van der Waals surface area contributed by atoms with Crippen LogP contribution in [0.2, 0.25) is 0 Å². The lowest BCUT2D eigenvalue weighted by Crippen LogP contribution is -2.15. The van der Waals surface area contributed by atoms with Gasteiger partial charge in [-0.2, -0.15) is 15.0 Å². The summed E-state index contributed by atoms with van der Waals surface area (Å²) in [5.74, 6) is 1.65. The van der Waals surface area contributed by atoms with Gasteiger partial charge in [-0.25, -0.2) is 0 Å². The summed E-state index contributed by atoms with van der Waals surface area (Å²) in [6, 6.07) is 62.4. The third-order valence-corrected chi connectivity index (χ3v) is 12.8. The standard InChI is InChI=1S/C54H35N5O/c1-54(2)43-20-10-6-16-35(43)40-30-42-37-18-8-12-22-46(37)59(48(42)31-44(40)54)53-56-51(34-24-26-39-38-19-9-13-23-49(38)60-50(39)29-34)55-52(57-53)58-45-21-11-7-17-36(45)41-28-33(25-27-47(41)58)32-14-4-3-5-15-32/h3-31H,1-2H3. The summed E-state index contributed by atoms with van der Waals surface area (Å²) >= 11 is 0. The third-order valence-electron chi connectivity index (χ3n) is 12.8. The van der Waals surface area contributed by atoms with Crippen LogP contribution < -0.4 is 0 Å². The molecule has 0 fully saturated rings. The van der Waals surface area contributed by atoms with Crippen molar-refractivity contribution in [1.29, 1.82) is 0 Å². The average Bonchev–Trinajstić information content (AvgIpc) is 4.00. The quantitative estimate of drug-likeness (QED) is 0.179.